The van der Waals surface area contributed by atoms with Gasteiger partial charge in [-0.15, -0.1) is 0 Å². The molecule has 1 unspecified atom stereocenters. The molecular formula is C15H20BrNO4. The number of halogens is 1. The first-order chi connectivity index (χ1) is 9.74. The van der Waals surface area contributed by atoms with E-state index >= 15 is 0 Å². The summed E-state index contributed by atoms with van der Waals surface area (Å²) in [5, 5.41) is 2.55. The van der Waals surface area contributed by atoms with Gasteiger partial charge in [-0.1, -0.05) is 34.1 Å². The Bertz CT molecular complexity index is 511. The minimum atomic E-state index is -0.921. The smallest absolute Gasteiger partial charge is 0.408 e. The van der Waals surface area contributed by atoms with E-state index in [0.29, 0.717) is 10.0 Å². The summed E-state index contributed by atoms with van der Waals surface area (Å²) in [6.45, 7) is 7.21. The molecule has 5 nitrogen and oxygen atoms in total. The Kier molecular flexibility index (Phi) is 6.20. The number of amides is 1. The molecule has 0 spiro atoms. The third-order valence-corrected chi connectivity index (χ3v) is 3.12. The van der Waals surface area contributed by atoms with Crippen LogP contribution in [-0.2, 0) is 14.3 Å². The number of alkyl carbamates (subject to hydrolysis) is 1. The average molecular weight is 358 g/mol. The predicted molar refractivity (Wildman–Crippen MR) is 82.9 cm³/mol. The molecule has 21 heavy (non-hydrogen) atoms. The van der Waals surface area contributed by atoms with E-state index in [4.69, 9.17) is 9.47 Å². The van der Waals surface area contributed by atoms with Crippen molar-refractivity contribution in [2.24, 2.45) is 0 Å². The maximum atomic E-state index is 12.1. The number of nitrogens with one attached hydrogen (secondary N) is 1. The third kappa shape index (κ3) is 5.75. The summed E-state index contributed by atoms with van der Waals surface area (Å²) in [5.74, 6) is -0.532. The van der Waals surface area contributed by atoms with Gasteiger partial charge in [0.2, 0.25) is 0 Å². The van der Waals surface area contributed by atoms with Gasteiger partial charge in [0.25, 0.3) is 0 Å². The zero-order valence-electron chi connectivity index (χ0n) is 12.6. The average Bonchev–Trinajstić information content (AvgIpc) is 2.35. The second-order valence-corrected chi connectivity index (χ2v) is 6.21. The van der Waals surface area contributed by atoms with Gasteiger partial charge in [0.15, 0.2) is 6.04 Å². The van der Waals surface area contributed by atoms with E-state index in [2.05, 4.69) is 21.2 Å². The summed E-state index contributed by atoms with van der Waals surface area (Å²) in [4.78, 5) is 24.0. The molecule has 0 aliphatic carbocycles. The zero-order chi connectivity index (χ0) is 16.0. The Labute approximate surface area is 133 Å². The van der Waals surface area contributed by atoms with E-state index in [9.17, 15) is 9.59 Å². The lowest BCUT2D eigenvalue weighted by Gasteiger charge is -2.23. The van der Waals surface area contributed by atoms with Gasteiger partial charge in [0, 0.05) is 4.47 Å². The van der Waals surface area contributed by atoms with Crippen LogP contribution in [-0.4, -0.2) is 24.3 Å². The van der Waals surface area contributed by atoms with Gasteiger partial charge >= 0.3 is 12.1 Å². The van der Waals surface area contributed by atoms with Crippen LogP contribution >= 0.6 is 15.9 Å². The van der Waals surface area contributed by atoms with E-state index < -0.39 is 23.7 Å². The highest BCUT2D eigenvalue weighted by Crippen LogP contribution is 2.24. The summed E-state index contributed by atoms with van der Waals surface area (Å²) in [6, 6.07) is 6.21. The second-order valence-electron chi connectivity index (χ2n) is 5.35. The van der Waals surface area contributed by atoms with Crippen LogP contribution in [0.3, 0.4) is 0 Å². The SMILES string of the molecule is CCOC(=O)C(NC(=O)OC(C)(C)C)c1ccccc1Br. The van der Waals surface area contributed by atoms with Crippen molar-refractivity contribution < 1.29 is 19.1 Å². The Morgan fingerprint density at radius 1 is 1.29 bits per heavy atom. The van der Waals surface area contributed by atoms with E-state index in [1.54, 1.807) is 45.9 Å². The molecule has 1 rings (SSSR count). The summed E-state index contributed by atoms with van der Waals surface area (Å²) in [5.41, 5.74) is -0.0289. The van der Waals surface area contributed by atoms with Gasteiger partial charge in [-0.25, -0.2) is 9.59 Å². The number of benzene rings is 1. The van der Waals surface area contributed by atoms with Crippen LogP contribution in [0.2, 0.25) is 0 Å². The van der Waals surface area contributed by atoms with Crippen molar-refractivity contribution in [2.45, 2.75) is 39.3 Å². The highest BCUT2D eigenvalue weighted by molar-refractivity contribution is 9.10. The zero-order valence-corrected chi connectivity index (χ0v) is 14.2. The molecule has 0 bridgehead atoms. The second kappa shape index (κ2) is 7.45. The fourth-order valence-corrected chi connectivity index (χ4v) is 2.14. The topological polar surface area (TPSA) is 64.6 Å². The van der Waals surface area contributed by atoms with Crippen molar-refractivity contribution in [1.29, 1.82) is 0 Å². The van der Waals surface area contributed by atoms with Gasteiger partial charge in [-0.2, -0.15) is 0 Å². The normalized spacial score (nSPS) is 12.4. The molecule has 0 aromatic heterocycles. The summed E-state index contributed by atoms with van der Waals surface area (Å²) in [6.07, 6.45) is -0.670. The molecule has 1 aromatic carbocycles. The van der Waals surface area contributed by atoms with Crippen molar-refractivity contribution in [1.82, 2.24) is 5.32 Å². The third-order valence-electron chi connectivity index (χ3n) is 2.40. The van der Waals surface area contributed by atoms with Crippen LogP contribution in [0.15, 0.2) is 28.7 Å². The van der Waals surface area contributed by atoms with Crippen LogP contribution in [0, 0.1) is 0 Å². The Morgan fingerprint density at radius 3 is 2.43 bits per heavy atom. The highest BCUT2D eigenvalue weighted by Gasteiger charge is 2.28. The van der Waals surface area contributed by atoms with E-state index in [1.807, 2.05) is 6.07 Å². The molecule has 1 aromatic rings. The van der Waals surface area contributed by atoms with Gasteiger partial charge in [-0.05, 0) is 39.3 Å². The lowest BCUT2D eigenvalue weighted by molar-refractivity contribution is -0.145. The van der Waals surface area contributed by atoms with Crippen LogP contribution < -0.4 is 5.32 Å². The number of hydrogen-bond acceptors (Lipinski definition) is 4. The molecule has 1 amide bonds. The fraction of sp³-hybridized carbons (Fsp3) is 0.467. The molecule has 116 valence electrons. The summed E-state index contributed by atoms with van der Waals surface area (Å²) in [7, 11) is 0. The maximum absolute atomic E-state index is 12.1. The number of carbonyl (C=O) groups excluding carboxylic acids is 2. The number of hydrogen-bond donors (Lipinski definition) is 1. The first-order valence-electron chi connectivity index (χ1n) is 6.65. The van der Waals surface area contributed by atoms with E-state index in [-0.39, 0.29) is 6.61 Å². The molecule has 0 saturated heterocycles. The minimum Gasteiger partial charge on any atom is -0.464 e. The first kappa shape index (κ1) is 17.5. The number of esters is 1. The molecule has 0 fully saturated rings. The quantitative estimate of drug-likeness (QED) is 0.836. The maximum Gasteiger partial charge on any atom is 0.408 e. The summed E-state index contributed by atoms with van der Waals surface area (Å²) < 4.78 is 10.9. The standard InChI is InChI=1S/C15H20BrNO4/c1-5-20-13(18)12(10-8-6-7-9-11(10)16)17-14(19)21-15(2,3)4/h6-9,12H,5H2,1-4H3,(H,17,19). The predicted octanol–water partition coefficient (Wildman–Crippen LogP) is 3.58. The molecule has 0 saturated carbocycles. The molecule has 0 heterocycles. The fourth-order valence-electron chi connectivity index (χ4n) is 1.62. The number of rotatable bonds is 4. The van der Waals surface area contributed by atoms with E-state index in [0.717, 1.165) is 0 Å². The molecule has 0 radical (unpaired) electrons. The molecule has 6 heteroatoms. The lowest BCUT2D eigenvalue weighted by Crippen LogP contribution is -2.39. The monoisotopic (exact) mass is 357 g/mol. The molecule has 0 aliphatic rings. The summed E-state index contributed by atoms with van der Waals surface area (Å²) >= 11 is 3.37. The van der Waals surface area contributed by atoms with Gasteiger partial charge in [0.05, 0.1) is 6.61 Å². The van der Waals surface area contributed by atoms with E-state index in [1.165, 1.54) is 0 Å². The molecule has 1 N–H and O–H groups in total. The Balaban J connectivity index is 2.96. The van der Waals surface area contributed by atoms with Crippen LogP contribution in [0.4, 0.5) is 4.79 Å². The molecular weight excluding hydrogens is 338 g/mol. The van der Waals surface area contributed by atoms with Crippen molar-refractivity contribution in [2.75, 3.05) is 6.61 Å². The number of carbonyl (C=O) groups is 2. The number of ether oxygens (including phenoxy) is 2. The Morgan fingerprint density at radius 2 is 1.90 bits per heavy atom. The highest BCUT2D eigenvalue weighted by atomic mass is 79.9. The van der Waals surface area contributed by atoms with Crippen LogP contribution in [0.5, 0.6) is 0 Å². The van der Waals surface area contributed by atoms with Crippen molar-refractivity contribution in [3.63, 3.8) is 0 Å². The van der Waals surface area contributed by atoms with Crippen molar-refractivity contribution >= 4 is 28.0 Å². The van der Waals surface area contributed by atoms with Gasteiger partial charge in [0.1, 0.15) is 5.60 Å². The van der Waals surface area contributed by atoms with Crippen molar-refractivity contribution in [3.8, 4) is 0 Å². The van der Waals surface area contributed by atoms with Crippen LogP contribution in [0.25, 0.3) is 0 Å². The largest absolute Gasteiger partial charge is 0.464 e. The van der Waals surface area contributed by atoms with Gasteiger partial charge < -0.3 is 14.8 Å². The van der Waals surface area contributed by atoms with Crippen molar-refractivity contribution in [3.05, 3.63) is 34.3 Å². The minimum absolute atomic E-state index is 0.232. The first-order valence-corrected chi connectivity index (χ1v) is 7.44. The lowest BCUT2D eigenvalue weighted by atomic mass is 10.1. The molecule has 1 atom stereocenters. The van der Waals surface area contributed by atoms with Gasteiger partial charge in [-0.3, -0.25) is 0 Å². The Hall–Kier alpha value is -1.56. The molecule has 0 aliphatic heterocycles. The van der Waals surface area contributed by atoms with Crippen LogP contribution in [0.1, 0.15) is 39.3 Å².